The number of fused-ring (bicyclic) bond motifs is 5. The molecule has 0 fully saturated rings. The fourth-order valence-corrected chi connectivity index (χ4v) is 12.9. The number of rotatable bonds is 12. The SMILES string of the molecule is [2H]c1c([2H])c([2H])c(-c2cccc(-c3c([2H])c([2H])c([2H])c([2H])c3[2H])c2-[n+]2[c-]n(-c3cc(Oc4ccc5c6ccccc6n(-c6cc(C(C)(C)C)ccn6)c5c4)cc(B4N(c5ccccc5-c5ccccc5)c5ccccc5N4c4ccccc4-c4ccccc4)c3)c3ccccc32)c([2H])c1[2H]. The van der Waals surface area contributed by atoms with E-state index in [1.165, 1.54) is 0 Å². The minimum Gasteiger partial charge on any atom is -0.458 e. The monoisotopic (exact) mass is 1170 g/mol. The summed E-state index contributed by atoms with van der Waals surface area (Å²) in [6, 6.07) is 77.9. The summed E-state index contributed by atoms with van der Waals surface area (Å²) in [6.45, 7) is 5.91. The van der Waals surface area contributed by atoms with Crippen molar-refractivity contribution in [3.63, 3.8) is 0 Å². The molecule has 0 spiro atoms. The highest BCUT2D eigenvalue weighted by atomic mass is 16.5. The normalized spacial score (nSPS) is 13.9. The van der Waals surface area contributed by atoms with Gasteiger partial charge in [0.15, 0.2) is 0 Å². The fourth-order valence-electron chi connectivity index (χ4n) is 12.9. The largest absolute Gasteiger partial charge is 0.458 e. The third kappa shape index (κ3) is 9.48. The molecule has 0 radical (unpaired) electrons. The molecule has 15 aromatic rings. The van der Waals surface area contributed by atoms with Crippen LogP contribution in [-0.2, 0) is 5.41 Å². The Balaban J connectivity index is 0.994. The second kappa shape index (κ2) is 22.3. The van der Waals surface area contributed by atoms with E-state index >= 15 is 0 Å². The summed E-state index contributed by atoms with van der Waals surface area (Å²) in [5, 5.41) is 2.06. The molecule has 0 bridgehead atoms. The molecule has 16 rings (SSSR count). The van der Waals surface area contributed by atoms with Crippen molar-refractivity contribution >= 4 is 68.0 Å². The number of aromatic nitrogens is 4. The van der Waals surface area contributed by atoms with E-state index in [2.05, 4.69) is 187 Å². The highest BCUT2D eigenvalue weighted by Gasteiger charge is 2.45. The first-order chi connectivity index (χ1) is 48.4. The van der Waals surface area contributed by atoms with E-state index < -0.39 is 67.4 Å². The maximum absolute atomic E-state index is 9.42. The average molecular weight is 1170 g/mol. The van der Waals surface area contributed by atoms with Crippen LogP contribution in [0.5, 0.6) is 11.5 Å². The Hall–Kier alpha value is -11.5. The molecule has 90 heavy (non-hydrogen) atoms. The van der Waals surface area contributed by atoms with Gasteiger partial charge in [0, 0.05) is 45.5 Å². The zero-order valence-corrected chi connectivity index (χ0v) is 49.4. The third-order valence-electron chi connectivity index (χ3n) is 16.9. The molecule has 0 aliphatic carbocycles. The molecule has 3 aromatic heterocycles. The van der Waals surface area contributed by atoms with Crippen LogP contribution in [0.25, 0.3) is 94.5 Å². The quantitative estimate of drug-likeness (QED) is 0.0695. The van der Waals surface area contributed by atoms with Gasteiger partial charge in [0.2, 0.25) is 0 Å². The zero-order chi connectivity index (χ0) is 69.0. The van der Waals surface area contributed by atoms with Crippen LogP contribution < -0.4 is 24.4 Å². The van der Waals surface area contributed by atoms with Crippen molar-refractivity contribution in [3.8, 4) is 73.2 Å². The average Bonchev–Trinajstić information content (AvgIpc) is 1.52. The molecule has 1 aliphatic rings. The predicted octanol–water partition coefficient (Wildman–Crippen LogP) is 19.6. The molecule has 0 saturated heterocycles. The minimum absolute atomic E-state index is 0.126. The van der Waals surface area contributed by atoms with Gasteiger partial charge in [0.1, 0.15) is 17.3 Å². The van der Waals surface area contributed by atoms with E-state index in [4.69, 9.17) is 17.9 Å². The van der Waals surface area contributed by atoms with E-state index in [1.54, 1.807) is 22.8 Å². The summed E-state index contributed by atoms with van der Waals surface area (Å²) >= 11 is 0. The molecule has 0 amide bonds. The van der Waals surface area contributed by atoms with E-state index in [1.807, 2.05) is 95.7 Å². The molecule has 7 nitrogen and oxygen atoms in total. The first kappa shape index (κ1) is 44.0. The highest BCUT2D eigenvalue weighted by Crippen LogP contribution is 2.51. The van der Waals surface area contributed by atoms with Crippen molar-refractivity contribution < 1.29 is 23.0 Å². The van der Waals surface area contributed by atoms with Crippen LogP contribution in [0.1, 0.15) is 40.0 Å². The summed E-state index contributed by atoms with van der Waals surface area (Å²) < 4.78 is 104. The predicted molar refractivity (Wildman–Crippen MR) is 372 cm³/mol. The molecular weight excluding hydrogens is 1100 g/mol. The van der Waals surface area contributed by atoms with Gasteiger partial charge in [-0.25, -0.2) is 4.98 Å². The highest BCUT2D eigenvalue weighted by molar-refractivity contribution is 6.84. The second-order valence-corrected chi connectivity index (χ2v) is 23.4. The zero-order valence-electron chi connectivity index (χ0n) is 59.4. The van der Waals surface area contributed by atoms with Gasteiger partial charge in [0.05, 0.1) is 58.5 Å². The van der Waals surface area contributed by atoms with Crippen LogP contribution in [0.2, 0.25) is 0 Å². The van der Waals surface area contributed by atoms with Crippen molar-refractivity contribution in [3.05, 3.63) is 327 Å². The minimum atomic E-state index is -0.671. The van der Waals surface area contributed by atoms with E-state index in [0.717, 1.165) is 83.7 Å². The number of nitrogens with zero attached hydrogens (tertiary/aromatic N) is 6. The summed E-state index contributed by atoms with van der Waals surface area (Å²) in [7, 11) is 0. The van der Waals surface area contributed by atoms with Gasteiger partial charge in [0.25, 0.3) is 6.33 Å². The van der Waals surface area contributed by atoms with Gasteiger partial charge in [-0.15, -0.1) is 0 Å². The number of para-hydroxylation sites is 8. The molecule has 0 atom stereocenters. The number of benzene rings is 12. The first-order valence-electron chi connectivity index (χ1n) is 35.0. The molecule has 428 valence electrons. The fraction of sp³-hybridized carbons (Fsp3) is 0.0488. The van der Waals surface area contributed by atoms with Gasteiger partial charge in [-0.2, -0.15) is 0 Å². The topological polar surface area (TPSA) is 42.3 Å². The Labute approximate surface area is 539 Å². The number of pyridine rings is 1. The third-order valence-corrected chi connectivity index (χ3v) is 16.9. The number of hydrogen-bond donors (Lipinski definition) is 0. The standard InChI is InChI=1S/C82H61BN6O/c1-82(2,3)61-49-50-84-80(51-61)87-72-40-19-18-37-70(72)71-48-47-64(55-79(71)87)90-65-53-62(52-63(54-65)85-56-86(76-44-23-22-43-75(76)85)81-68(59-31-12-6-13-32-59)38-26-39-69(81)60-33-14-7-15-34-60)83-88(73-41-20-16-35-66(73)57-27-8-4-9-28-57)77-45-24-25-46-78(77)89(83)74-42-21-17-36-67(74)58-29-10-5-11-30-58/h4-55H,1-3H3/i6D,7D,12D,13D,14D,15D,31D,32D,33D,34D. The molecule has 0 unspecified atom stereocenters. The van der Waals surface area contributed by atoms with Crippen molar-refractivity contribution in [2.45, 2.75) is 26.2 Å². The second-order valence-electron chi connectivity index (χ2n) is 23.4. The summed E-state index contributed by atoms with van der Waals surface area (Å²) in [6.07, 6.45) is 5.55. The Bertz CT molecular complexity index is 5560. The van der Waals surface area contributed by atoms with Crippen molar-refractivity contribution in [2.24, 2.45) is 0 Å². The summed E-state index contributed by atoms with van der Waals surface area (Å²) in [5.74, 6) is 1.74. The molecule has 0 N–H and O–H groups in total. The lowest BCUT2D eigenvalue weighted by molar-refractivity contribution is -0.571. The van der Waals surface area contributed by atoms with Gasteiger partial charge in [-0.3, -0.25) is 13.7 Å². The lowest BCUT2D eigenvalue weighted by Gasteiger charge is -2.33. The molecule has 4 heterocycles. The smallest absolute Gasteiger partial charge is 0.420 e. The number of ether oxygens (including phenoxy) is 1. The number of hydrogen-bond acceptors (Lipinski definition) is 4. The van der Waals surface area contributed by atoms with Gasteiger partial charge in [-0.05, 0) is 117 Å². The Morgan fingerprint density at radius 1 is 0.444 bits per heavy atom. The van der Waals surface area contributed by atoms with Crippen LogP contribution in [-0.4, -0.2) is 21.1 Å². The van der Waals surface area contributed by atoms with Crippen LogP contribution in [0.15, 0.2) is 315 Å². The lowest BCUT2D eigenvalue weighted by Crippen LogP contribution is -2.53. The van der Waals surface area contributed by atoms with Gasteiger partial charge >= 0.3 is 6.98 Å². The Morgan fingerprint density at radius 3 is 1.60 bits per heavy atom. The van der Waals surface area contributed by atoms with E-state index in [9.17, 15) is 5.48 Å². The van der Waals surface area contributed by atoms with Crippen LogP contribution in [0.3, 0.4) is 0 Å². The van der Waals surface area contributed by atoms with Crippen LogP contribution >= 0.6 is 0 Å². The van der Waals surface area contributed by atoms with Crippen LogP contribution in [0, 0.1) is 6.33 Å². The molecule has 12 aromatic carbocycles. The van der Waals surface area contributed by atoms with Crippen molar-refractivity contribution in [1.29, 1.82) is 0 Å². The first-order valence-corrected chi connectivity index (χ1v) is 30.0. The Kier molecular flexibility index (Phi) is 10.9. The summed E-state index contributed by atoms with van der Waals surface area (Å²) in [5.41, 5.74) is 13.1. The maximum atomic E-state index is 9.42. The molecular formula is C82H61BN6O. The molecule has 0 saturated carbocycles. The molecule has 8 heteroatoms. The lowest BCUT2D eigenvalue weighted by atomic mass is 9.63. The van der Waals surface area contributed by atoms with E-state index in [0.29, 0.717) is 28.2 Å². The molecule has 1 aliphatic heterocycles. The Morgan fingerprint density at radius 2 is 0.978 bits per heavy atom. The number of anilines is 4. The van der Waals surface area contributed by atoms with Crippen molar-refractivity contribution in [2.75, 3.05) is 9.62 Å². The maximum Gasteiger partial charge on any atom is 0.420 e. The van der Waals surface area contributed by atoms with Crippen LogP contribution in [0.4, 0.5) is 22.7 Å². The number of imidazole rings is 1. The van der Waals surface area contributed by atoms with E-state index in [-0.39, 0.29) is 33.4 Å². The van der Waals surface area contributed by atoms with Gasteiger partial charge in [-0.1, -0.05) is 257 Å². The van der Waals surface area contributed by atoms with Crippen molar-refractivity contribution in [1.82, 2.24) is 14.1 Å². The van der Waals surface area contributed by atoms with Gasteiger partial charge < -0.3 is 14.4 Å². The summed E-state index contributed by atoms with van der Waals surface area (Å²) in [4.78, 5) is 9.78.